The number of ketones is 1. The number of rotatable bonds is 5. The minimum Gasteiger partial charge on any atom is -0.340 e. The number of hydrogen-bond donors (Lipinski definition) is 2. The van der Waals surface area contributed by atoms with Gasteiger partial charge in [-0.25, -0.2) is 4.98 Å². The summed E-state index contributed by atoms with van der Waals surface area (Å²) < 4.78 is 54.0. The Labute approximate surface area is 185 Å². The number of nitrogens with zero attached hydrogens (tertiary/aromatic N) is 2. The number of hydrogen-bond acceptors (Lipinski definition) is 4. The Bertz CT molecular complexity index is 1130. The largest absolute Gasteiger partial charge is 0.410 e. The zero-order chi connectivity index (χ0) is 24.0. The number of pyridine rings is 1. The molecule has 2 N–H and O–H groups in total. The molecule has 2 amide bonds. The summed E-state index contributed by atoms with van der Waals surface area (Å²) in [7, 11) is 0. The highest BCUT2D eigenvalue weighted by atomic mass is 35.5. The van der Waals surface area contributed by atoms with Crippen LogP contribution in [0.4, 0.5) is 23.2 Å². The third-order valence-electron chi connectivity index (χ3n) is 5.16. The highest BCUT2D eigenvalue weighted by molar-refractivity contribution is 6.48. The van der Waals surface area contributed by atoms with Gasteiger partial charge >= 0.3 is 6.18 Å². The van der Waals surface area contributed by atoms with Crippen molar-refractivity contribution < 1.29 is 31.9 Å². The second-order valence-corrected chi connectivity index (χ2v) is 8.31. The van der Waals surface area contributed by atoms with Crippen molar-refractivity contribution in [1.29, 1.82) is 0 Å². The van der Waals surface area contributed by atoms with Gasteiger partial charge in [-0.05, 0) is 39.7 Å². The molecule has 0 aromatic carbocycles. The molecule has 1 aliphatic rings. The molecule has 0 unspecified atom stereocenters. The van der Waals surface area contributed by atoms with Crippen LogP contribution in [-0.2, 0) is 17.8 Å². The first-order chi connectivity index (χ1) is 14.7. The Kier molecular flexibility index (Phi) is 6.07. The minimum atomic E-state index is -4.79. The van der Waals surface area contributed by atoms with Crippen molar-refractivity contribution in [2.75, 3.05) is 5.32 Å². The van der Waals surface area contributed by atoms with Crippen molar-refractivity contribution in [2.45, 2.75) is 51.9 Å². The molecule has 172 valence electrons. The molecule has 0 bridgehead atoms. The third-order valence-corrected chi connectivity index (χ3v) is 5.53. The van der Waals surface area contributed by atoms with E-state index in [1.54, 1.807) is 5.32 Å². The van der Waals surface area contributed by atoms with Gasteiger partial charge in [-0.1, -0.05) is 11.6 Å². The van der Waals surface area contributed by atoms with Crippen LogP contribution in [0.2, 0.25) is 5.02 Å². The van der Waals surface area contributed by atoms with E-state index in [9.17, 15) is 31.9 Å². The fourth-order valence-electron chi connectivity index (χ4n) is 3.34. The molecule has 12 heteroatoms. The second-order valence-electron chi connectivity index (χ2n) is 7.93. The number of aromatic nitrogens is 2. The predicted octanol–water partition coefficient (Wildman–Crippen LogP) is 3.82. The molecule has 32 heavy (non-hydrogen) atoms. The normalized spacial score (nSPS) is 13.6. The van der Waals surface area contributed by atoms with Crippen LogP contribution in [0.3, 0.4) is 0 Å². The van der Waals surface area contributed by atoms with Crippen LogP contribution < -0.4 is 10.6 Å². The molecular weight excluding hydrogens is 456 g/mol. The van der Waals surface area contributed by atoms with E-state index in [-0.39, 0.29) is 34.1 Å². The summed E-state index contributed by atoms with van der Waals surface area (Å²) in [5.41, 5.74) is -2.33. The molecule has 0 atom stereocenters. The van der Waals surface area contributed by atoms with Gasteiger partial charge < -0.3 is 15.2 Å². The second kappa shape index (κ2) is 8.19. The minimum absolute atomic E-state index is 0.0719. The highest BCUT2D eigenvalue weighted by Crippen LogP contribution is 2.35. The fraction of sp³-hybridized carbons (Fsp3) is 0.400. The van der Waals surface area contributed by atoms with Gasteiger partial charge in [0.05, 0.1) is 22.5 Å². The Hall–Kier alpha value is -2.95. The fourth-order valence-corrected chi connectivity index (χ4v) is 3.72. The van der Waals surface area contributed by atoms with Crippen molar-refractivity contribution in [3.8, 4) is 0 Å². The van der Waals surface area contributed by atoms with E-state index >= 15 is 0 Å². The Balaban J connectivity index is 1.93. The van der Waals surface area contributed by atoms with Crippen LogP contribution >= 0.6 is 11.6 Å². The van der Waals surface area contributed by atoms with Gasteiger partial charge in [-0.2, -0.15) is 17.6 Å². The molecule has 0 aliphatic carbocycles. The van der Waals surface area contributed by atoms with Gasteiger partial charge in [0, 0.05) is 17.8 Å². The predicted molar refractivity (Wildman–Crippen MR) is 107 cm³/mol. The number of aryl methyl sites for hydroxylation is 1. The number of alkyl halides is 3. The van der Waals surface area contributed by atoms with Gasteiger partial charge in [0.15, 0.2) is 0 Å². The first kappa shape index (κ1) is 23.7. The number of amides is 2. The van der Waals surface area contributed by atoms with Gasteiger partial charge in [0.1, 0.15) is 11.2 Å². The van der Waals surface area contributed by atoms with E-state index in [2.05, 4.69) is 10.3 Å². The average molecular weight is 475 g/mol. The number of carbonyl (C=O) groups excluding carboxylic acids is 3. The Morgan fingerprint density at radius 2 is 1.88 bits per heavy atom. The van der Waals surface area contributed by atoms with E-state index in [1.807, 2.05) is 0 Å². The van der Waals surface area contributed by atoms with Crippen LogP contribution in [0.1, 0.15) is 52.4 Å². The zero-order valence-electron chi connectivity index (χ0n) is 17.3. The summed E-state index contributed by atoms with van der Waals surface area (Å²) in [6, 6.07) is 1.35. The maximum Gasteiger partial charge on any atom is 0.410 e. The van der Waals surface area contributed by atoms with Crippen molar-refractivity contribution in [1.82, 2.24) is 14.9 Å². The first-order valence-electron chi connectivity index (χ1n) is 9.52. The lowest BCUT2D eigenvalue weighted by Crippen LogP contribution is -2.56. The van der Waals surface area contributed by atoms with Crippen molar-refractivity contribution in [2.24, 2.45) is 0 Å². The molecule has 2 aromatic rings. The molecule has 3 heterocycles. The van der Waals surface area contributed by atoms with Gasteiger partial charge in [-0.3, -0.25) is 14.4 Å². The SMILES string of the molecule is Cc1cc(NC(=O)c2c(Cl)c(C(=O)C(=O)NC(C)(C)C(F)(F)F)n3c2CCC3)cnc1F. The quantitative estimate of drug-likeness (QED) is 0.298. The van der Waals surface area contributed by atoms with Crippen LogP contribution in [0.5, 0.6) is 0 Å². The zero-order valence-corrected chi connectivity index (χ0v) is 18.0. The van der Waals surface area contributed by atoms with Gasteiger partial charge in [-0.15, -0.1) is 0 Å². The van der Waals surface area contributed by atoms with E-state index in [0.717, 1.165) is 20.0 Å². The summed E-state index contributed by atoms with van der Waals surface area (Å²) in [6.07, 6.45) is -2.78. The average Bonchev–Trinajstić information content (AvgIpc) is 3.22. The molecule has 0 fully saturated rings. The van der Waals surface area contributed by atoms with Crippen LogP contribution in [0, 0.1) is 12.9 Å². The van der Waals surface area contributed by atoms with E-state index < -0.39 is 35.3 Å². The lowest BCUT2D eigenvalue weighted by atomic mass is 10.0. The maximum atomic E-state index is 13.4. The molecule has 1 aliphatic heterocycles. The molecule has 2 aromatic heterocycles. The third kappa shape index (κ3) is 4.21. The van der Waals surface area contributed by atoms with Gasteiger partial charge in [0.25, 0.3) is 17.6 Å². The Morgan fingerprint density at radius 3 is 2.47 bits per heavy atom. The molecule has 7 nitrogen and oxygen atoms in total. The number of anilines is 1. The number of nitrogens with one attached hydrogen (secondary N) is 2. The molecule has 0 saturated carbocycles. The van der Waals surface area contributed by atoms with Crippen LogP contribution in [0.25, 0.3) is 0 Å². The molecule has 3 rings (SSSR count). The number of fused-ring (bicyclic) bond motifs is 1. The Morgan fingerprint density at radius 1 is 1.22 bits per heavy atom. The number of carbonyl (C=O) groups is 3. The van der Waals surface area contributed by atoms with Crippen molar-refractivity contribution in [3.05, 3.63) is 45.7 Å². The highest BCUT2D eigenvalue weighted by Gasteiger charge is 2.49. The monoisotopic (exact) mass is 474 g/mol. The van der Waals surface area contributed by atoms with E-state index in [1.165, 1.54) is 17.6 Å². The molecule has 0 radical (unpaired) electrons. The summed E-state index contributed by atoms with van der Waals surface area (Å²) in [5.74, 6) is -4.20. The van der Waals surface area contributed by atoms with Crippen LogP contribution in [-0.4, -0.2) is 38.9 Å². The van der Waals surface area contributed by atoms with Crippen LogP contribution in [0.15, 0.2) is 12.3 Å². The van der Waals surface area contributed by atoms with E-state index in [4.69, 9.17) is 11.6 Å². The first-order valence-corrected chi connectivity index (χ1v) is 9.90. The summed E-state index contributed by atoms with van der Waals surface area (Å²) in [5, 5.41) is 3.84. The summed E-state index contributed by atoms with van der Waals surface area (Å²) in [4.78, 5) is 41.4. The van der Waals surface area contributed by atoms with E-state index in [0.29, 0.717) is 18.5 Å². The molecule has 0 saturated heterocycles. The number of halogens is 5. The maximum absolute atomic E-state index is 13.4. The van der Waals surface area contributed by atoms with Crippen molar-refractivity contribution >= 4 is 34.9 Å². The summed E-state index contributed by atoms with van der Waals surface area (Å²) in [6.45, 7) is 3.16. The lowest BCUT2D eigenvalue weighted by Gasteiger charge is -2.28. The number of Topliss-reactive ketones (excluding diaryl/α,β-unsaturated/α-hetero) is 1. The summed E-state index contributed by atoms with van der Waals surface area (Å²) >= 11 is 6.28. The standard InChI is InChI=1S/C20H19ClF4N4O3/c1-9-7-10(8-26-16(9)22)27-17(31)12-11-5-4-6-29(11)14(13(12)21)15(30)18(32)28-19(2,3)20(23,24)25/h7-8H,4-6H2,1-3H3,(H,27,31)(H,28,32). The topological polar surface area (TPSA) is 93.1 Å². The lowest BCUT2D eigenvalue weighted by molar-refractivity contribution is -0.187. The van der Waals surface area contributed by atoms with Gasteiger partial charge in [0.2, 0.25) is 5.95 Å². The molecular formula is C20H19ClF4N4O3. The van der Waals surface area contributed by atoms with Crippen molar-refractivity contribution in [3.63, 3.8) is 0 Å². The molecule has 0 spiro atoms. The smallest absolute Gasteiger partial charge is 0.340 e.